The van der Waals surface area contributed by atoms with Gasteiger partial charge in [0.1, 0.15) is 6.10 Å². The molecule has 6 heteroatoms. The fourth-order valence-electron chi connectivity index (χ4n) is 6.26. The summed E-state index contributed by atoms with van der Waals surface area (Å²) in [6.07, 6.45) is 5.42. The van der Waals surface area contributed by atoms with Gasteiger partial charge in [0.15, 0.2) is 0 Å². The van der Waals surface area contributed by atoms with E-state index in [4.69, 9.17) is 14.2 Å². The van der Waals surface area contributed by atoms with E-state index in [9.17, 15) is 15.0 Å². The molecule has 8 atom stereocenters. The lowest BCUT2D eigenvalue weighted by Gasteiger charge is -2.50. The first-order chi connectivity index (χ1) is 12.8. The number of fused-ring (bicyclic) bond motifs is 3. The summed E-state index contributed by atoms with van der Waals surface area (Å²) in [5.74, 6) is -1.06. The molecule has 2 aliphatic carbocycles. The average Bonchev–Trinajstić information content (AvgIpc) is 3.11. The minimum absolute atomic E-state index is 0.0411. The second-order valence-corrected chi connectivity index (χ2v) is 9.27. The molecule has 3 fully saturated rings. The van der Waals surface area contributed by atoms with E-state index in [1.54, 1.807) is 6.26 Å². The molecule has 2 N–H and O–H groups in total. The summed E-state index contributed by atoms with van der Waals surface area (Å²) in [5.41, 5.74) is 2.04. The molecule has 27 heavy (non-hydrogen) atoms. The van der Waals surface area contributed by atoms with Crippen molar-refractivity contribution < 1.29 is 29.2 Å². The van der Waals surface area contributed by atoms with Crippen molar-refractivity contribution in [3.8, 4) is 0 Å². The Balaban J connectivity index is 1.50. The Morgan fingerprint density at radius 3 is 2.85 bits per heavy atom. The average molecular weight is 376 g/mol. The Morgan fingerprint density at radius 1 is 1.22 bits per heavy atom. The maximum atomic E-state index is 13.1. The number of rotatable bonds is 0. The molecule has 0 aromatic rings. The molecule has 0 radical (unpaired) electrons. The van der Waals surface area contributed by atoms with Crippen molar-refractivity contribution in [2.24, 2.45) is 23.2 Å². The van der Waals surface area contributed by atoms with E-state index in [1.165, 1.54) is 5.57 Å². The number of aliphatic hydroxyl groups is 2. The van der Waals surface area contributed by atoms with Crippen molar-refractivity contribution in [1.82, 2.24) is 0 Å². The molecule has 3 aliphatic heterocycles. The Hall–Kier alpha value is -1.37. The second-order valence-electron chi connectivity index (χ2n) is 9.27. The Bertz CT molecular complexity index is 728. The molecule has 3 heterocycles. The van der Waals surface area contributed by atoms with Crippen LogP contribution in [0.5, 0.6) is 0 Å². The van der Waals surface area contributed by atoms with Crippen LogP contribution in [0.2, 0.25) is 0 Å². The summed E-state index contributed by atoms with van der Waals surface area (Å²) in [4.78, 5) is 13.1. The topological polar surface area (TPSA) is 85.2 Å². The van der Waals surface area contributed by atoms with E-state index >= 15 is 0 Å². The van der Waals surface area contributed by atoms with Crippen LogP contribution < -0.4 is 0 Å². The summed E-state index contributed by atoms with van der Waals surface area (Å²) in [6.45, 7) is 4.42. The molecule has 5 rings (SSSR count). The van der Waals surface area contributed by atoms with Gasteiger partial charge >= 0.3 is 5.97 Å². The maximum absolute atomic E-state index is 13.1. The molecule has 5 aliphatic rings. The van der Waals surface area contributed by atoms with Crippen molar-refractivity contribution >= 4 is 5.97 Å². The van der Waals surface area contributed by atoms with E-state index in [0.29, 0.717) is 25.9 Å². The van der Waals surface area contributed by atoms with Crippen LogP contribution in [-0.2, 0) is 19.0 Å². The van der Waals surface area contributed by atoms with Crippen LogP contribution in [0.3, 0.4) is 0 Å². The predicted molar refractivity (Wildman–Crippen MR) is 95.2 cm³/mol. The summed E-state index contributed by atoms with van der Waals surface area (Å²) in [5, 5.41) is 20.5. The van der Waals surface area contributed by atoms with Crippen LogP contribution in [-0.4, -0.2) is 46.9 Å². The quantitative estimate of drug-likeness (QED) is 0.497. The highest BCUT2D eigenvalue weighted by molar-refractivity contribution is 5.74. The van der Waals surface area contributed by atoms with Gasteiger partial charge in [-0.15, -0.1) is 0 Å². The third-order valence-corrected chi connectivity index (χ3v) is 7.79. The van der Waals surface area contributed by atoms with Crippen LogP contribution in [0.1, 0.15) is 46.0 Å². The lowest BCUT2D eigenvalue weighted by molar-refractivity contribution is -0.165. The normalized spacial score (nSPS) is 51.3. The van der Waals surface area contributed by atoms with E-state index in [1.807, 2.05) is 6.92 Å². The largest absolute Gasteiger partial charge is 0.469 e. The SMILES string of the molecule is C[C@]12OC=C3CC[C@H]4[C@@H](CC=C5C[C@@H](O)[C@H](O)C[C@@]54C)C(=O)O[C@H](CO1)[C@@H]32. The first-order valence-electron chi connectivity index (χ1n) is 10.1. The predicted octanol–water partition coefficient (Wildman–Crippen LogP) is 2.05. The van der Waals surface area contributed by atoms with E-state index in [-0.39, 0.29) is 35.2 Å². The monoisotopic (exact) mass is 376 g/mol. The van der Waals surface area contributed by atoms with Gasteiger partial charge in [-0.3, -0.25) is 4.79 Å². The zero-order valence-electron chi connectivity index (χ0n) is 15.9. The molecule has 0 unspecified atom stereocenters. The van der Waals surface area contributed by atoms with Crippen molar-refractivity contribution in [3.05, 3.63) is 23.5 Å². The van der Waals surface area contributed by atoms with Crippen LogP contribution in [0, 0.1) is 23.2 Å². The number of esters is 1. The number of carbonyl (C=O) groups is 1. The van der Waals surface area contributed by atoms with E-state index in [0.717, 1.165) is 18.4 Å². The Labute approximate surface area is 159 Å². The van der Waals surface area contributed by atoms with E-state index in [2.05, 4.69) is 13.0 Å². The molecule has 0 bridgehead atoms. The molecule has 0 aromatic carbocycles. The highest BCUT2D eigenvalue weighted by Gasteiger charge is 2.58. The molecule has 0 amide bonds. The number of carbonyl (C=O) groups excluding carboxylic acids is 1. The van der Waals surface area contributed by atoms with Crippen LogP contribution >= 0.6 is 0 Å². The summed E-state index contributed by atoms with van der Waals surface area (Å²) < 4.78 is 17.6. The first kappa shape index (κ1) is 17.7. The highest BCUT2D eigenvalue weighted by atomic mass is 16.7. The Morgan fingerprint density at radius 2 is 2.04 bits per heavy atom. The smallest absolute Gasteiger partial charge is 0.309 e. The number of allylic oxidation sites excluding steroid dienone is 1. The Kier molecular flexibility index (Phi) is 3.81. The molecule has 1 saturated carbocycles. The van der Waals surface area contributed by atoms with Gasteiger partial charge in [-0.1, -0.05) is 18.6 Å². The number of ether oxygens (including phenoxy) is 3. The van der Waals surface area contributed by atoms with Crippen molar-refractivity contribution in [2.45, 2.75) is 70.1 Å². The molecule has 0 aromatic heterocycles. The first-order valence-corrected chi connectivity index (χ1v) is 10.1. The molecule has 148 valence electrons. The fourth-order valence-corrected chi connectivity index (χ4v) is 6.26. The zero-order valence-corrected chi connectivity index (χ0v) is 15.9. The van der Waals surface area contributed by atoms with Crippen molar-refractivity contribution in [2.75, 3.05) is 6.61 Å². The molecule has 6 nitrogen and oxygen atoms in total. The summed E-state index contributed by atoms with van der Waals surface area (Å²) >= 11 is 0. The van der Waals surface area contributed by atoms with Gasteiger partial charge in [-0.05, 0) is 49.0 Å². The zero-order chi connectivity index (χ0) is 19.0. The van der Waals surface area contributed by atoms with Crippen molar-refractivity contribution in [1.29, 1.82) is 0 Å². The minimum Gasteiger partial charge on any atom is -0.469 e. The fraction of sp³-hybridized carbons (Fsp3) is 0.762. The van der Waals surface area contributed by atoms with Gasteiger partial charge in [-0.2, -0.15) is 0 Å². The molecular weight excluding hydrogens is 348 g/mol. The standard InChI is InChI=1S/C21H28O6/c1-20-8-16(23)15(22)7-12(20)4-5-13-14(20)6-3-11-9-25-21(2)18(11)17(10-26-21)27-19(13)24/h4,9,13-18,22-23H,3,5-8,10H2,1-2H3/t13-,14+,15-,16-,17-,18-,20+,21+/m1/s1. The van der Waals surface area contributed by atoms with Gasteiger partial charge in [0, 0.05) is 6.92 Å². The molecular formula is C21H28O6. The summed E-state index contributed by atoms with van der Waals surface area (Å²) in [7, 11) is 0. The van der Waals surface area contributed by atoms with Gasteiger partial charge in [0.25, 0.3) is 0 Å². The minimum atomic E-state index is -0.750. The molecule has 2 saturated heterocycles. The van der Waals surface area contributed by atoms with Crippen LogP contribution in [0.15, 0.2) is 23.5 Å². The van der Waals surface area contributed by atoms with Crippen molar-refractivity contribution in [3.63, 3.8) is 0 Å². The lowest BCUT2D eigenvalue weighted by atomic mass is 9.55. The lowest BCUT2D eigenvalue weighted by Crippen LogP contribution is -2.49. The third-order valence-electron chi connectivity index (χ3n) is 7.79. The molecule has 0 spiro atoms. The van der Waals surface area contributed by atoms with Gasteiger partial charge in [-0.25, -0.2) is 0 Å². The maximum Gasteiger partial charge on any atom is 0.309 e. The van der Waals surface area contributed by atoms with Gasteiger partial charge in [0.05, 0.1) is 36.9 Å². The van der Waals surface area contributed by atoms with Crippen LogP contribution in [0.4, 0.5) is 0 Å². The second kappa shape index (κ2) is 5.82. The van der Waals surface area contributed by atoms with Gasteiger partial charge < -0.3 is 24.4 Å². The number of aliphatic hydroxyl groups excluding tert-OH is 2. The number of hydrogen-bond acceptors (Lipinski definition) is 6. The van der Waals surface area contributed by atoms with E-state index < -0.39 is 18.0 Å². The summed E-state index contributed by atoms with van der Waals surface area (Å²) in [6, 6.07) is 0. The third kappa shape index (κ3) is 2.46. The van der Waals surface area contributed by atoms with Gasteiger partial charge in [0.2, 0.25) is 5.79 Å². The number of hydrogen-bond donors (Lipinski definition) is 2. The highest BCUT2D eigenvalue weighted by Crippen LogP contribution is 2.56. The van der Waals surface area contributed by atoms with Crippen LogP contribution in [0.25, 0.3) is 0 Å².